The minimum atomic E-state index is -0.243. The van der Waals surface area contributed by atoms with Gasteiger partial charge in [-0.1, -0.05) is 0 Å². The fourth-order valence-corrected chi connectivity index (χ4v) is 1.21. The van der Waals surface area contributed by atoms with E-state index in [0.29, 0.717) is 5.76 Å². The van der Waals surface area contributed by atoms with Crippen LogP contribution in [0.15, 0.2) is 23.1 Å². The fourth-order valence-electron chi connectivity index (χ4n) is 1.21. The molecule has 0 bridgehead atoms. The Balaban J connectivity index is 2.44. The zero-order valence-electron chi connectivity index (χ0n) is 7.89. The SMILES string of the molecule is Cc1ccoc1C(=O)c1ncnn1C. The predicted octanol–water partition coefficient (Wildman–Crippen LogP) is 0.948. The van der Waals surface area contributed by atoms with Gasteiger partial charge in [-0.05, 0) is 18.6 Å². The predicted molar refractivity (Wildman–Crippen MR) is 47.9 cm³/mol. The lowest BCUT2D eigenvalue weighted by molar-refractivity contribution is 0.0994. The lowest BCUT2D eigenvalue weighted by Gasteiger charge is -1.96. The van der Waals surface area contributed by atoms with Crippen molar-refractivity contribution in [3.05, 3.63) is 35.8 Å². The zero-order valence-corrected chi connectivity index (χ0v) is 7.89. The minimum Gasteiger partial charge on any atom is -0.460 e. The Labute approximate surface area is 80.4 Å². The molecule has 2 aromatic rings. The number of hydrogen-bond donors (Lipinski definition) is 0. The molecule has 72 valence electrons. The van der Waals surface area contributed by atoms with Gasteiger partial charge in [-0.2, -0.15) is 5.10 Å². The number of rotatable bonds is 2. The molecule has 0 aromatic carbocycles. The molecule has 2 heterocycles. The molecule has 0 atom stereocenters. The number of furan rings is 1. The monoisotopic (exact) mass is 191 g/mol. The lowest BCUT2D eigenvalue weighted by Crippen LogP contribution is -2.09. The third-order valence-electron chi connectivity index (χ3n) is 1.98. The third kappa shape index (κ3) is 1.22. The Bertz CT molecular complexity index is 428. The van der Waals surface area contributed by atoms with Crippen molar-refractivity contribution in [2.45, 2.75) is 6.92 Å². The summed E-state index contributed by atoms with van der Waals surface area (Å²) in [5.41, 5.74) is 0.804. The number of hydrogen-bond acceptors (Lipinski definition) is 4. The molecule has 2 rings (SSSR count). The van der Waals surface area contributed by atoms with Crippen LogP contribution in [0.2, 0.25) is 0 Å². The van der Waals surface area contributed by atoms with Gasteiger partial charge in [0, 0.05) is 7.05 Å². The number of carbonyl (C=O) groups is 1. The van der Waals surface area contributed by atoms with E-state index < -0.39 is 0 Å². The largest absolute Gasteiger partial charge is 0.460 e. The maximum Gasteiger partial charge on any atom is 0.265 e. The van der Waals surface area contributed by atoms with Crippen molar-refractivity contribution in [1.29, 1.82) is 0 Å². The van der Waals surface area contributed by atoms with Crippen LogP contribution >= 0.6 is 0 Å². The van der Waals surface area contributed by atoms with E-state index in [1.807, 2.05) is 6.92 Å². The lowest BCUT2D eigenvalue weighted by atomic mass is 10.2. The summed E-state index contributed by atoms with van der Waals surface area (Å²) in [5, 5.41) is 3.82. The summed E-state index contributed by atoms with van der Waals surface area (Å²) in [6, 6.07) is 1.74. The van der Waals surface area contributed by atoms with Crippen LogP contribution in [0.4, 0.5) is 0 Å². The first-order chi connectivity index (χ1) is 6.70. The number of ketones is 1. The van der Waals surface area contributed by atoms with Gasteiger partial charge in [-0.15, -0.1) is 0 Å². The van der Waals surface area contributed by atoms with Gasteiger partial charge in [0.1, 0.15) is 6.33 Å². The van der Waals surface area contributed by atoms with E-state index in [2.05, 4.69) is 10.1 Å². The molecule has 14 heavy (non-hydrogen) atoms. The van der Waals surface area contributed by atoms with Crippen LogP contribution in [0.3, 0.4) is 0 Å². The quantitative estimate of drug-likeness (QED) is 0.663. The highest BCUT2D eigenvalue weighted by atomic mass is 16.3. The molecule has 2 aromatic heterocycles. The summed E-state index contributed by atoms with van der Waals surface area (Å²) in [6.07, 6.45) is 2.82. The first-order valence-corrected chi connectivity index (χ1v) is 4.13. The van der Waals surface area contributed by atoms with E-state index in [-0.39, 0.29) is 11.6 Å². The number of aromatic nitrogens is 3. The Morgan fingerprint density at radius 2 is 2.36 bits per heavy atom. The van der Waals surface area contributed by atoms with E-state index in [0.717, 1.165) is 5.56 Å². The highest BCUT2D eigenvalue weighted by Gasteiger charge is 2.19. The third-order valence-corrected chi connectivity index (χ3v) is 1.98. The van der Waals surface area contributed by atoms with Gasteiger partial charge in [0.15, 0.2) is 5.76 Å². The van der Waals surface area contributed by atoms with E-state index in [1.54, 1.807) is 13.1 Å². The van der Waals surface area contributed by atoms with Gasteiger partial charge in [0.2, 0.25) is 5.82 Å². The summed E-state index contributed by atoms with van der Waals surface area (Å²) in [7, 11) is 1.67. The molecule has 0 fully saturated rings. The maximum absolute atomic E-state index is 11.8. The van der Waals surface area contributed by atoms with Gasteiger partial charge in [-0.3, -0.25) is 4.79 Å². The smallest absolute Gasteiger partial charge is 0.265 e. The van der Waals surface area contributed by atoms with Crippen molar-refractivity contribution in [1.82, 2.24) is 14.8 Å². The van der Waals surface area contributed by atoms with Crippen molar-refractivity contribution in [3.63, 3.8) is 0 Å². The van der Waals surface area contributed by atoms with Crippen LogP contribution < -0.4 is 0 Å². The average Bonchev–Trinajstić information content (AvgIpc) is 2.73. The van der Waals surface area contributed by atoms with Crippen molar-refractivity contribution in [3.8, 4) is 0 Å². The summed E-state index contributed by atoms with van der Waals surface area (Å²) < 4.78 is 6.50. The van der Waals surface area contributed by atoms with Crippen molar-refractivity contribution in [2.75, 3.05) is 0 Å². The molecule has 0 N–H and O–H groups in total. The van der Waals surface area contributed by atoms with E-state index >= 15 is 0 Å². The average molecular weight is 191 g/mol. The molecule has 0 aliphatic heterocycles. The second-order valence-corrected chi connectivity index (χ2v) is 2.97. The minimum absolute atomic E-state index is 0.243. The first-order valence-electron chi connectivity index (χ1n) is 4.13. The summed E-state index contributed by atoms with van der Waals surface area (Å²) in [4.78, 5) is 15.6. The Morgan fingerprint density at radius 1 is 1.57 bits per heavy atom. The normalized spacial score (nSPS) is 10.4. The number of carbonyl (C=O) groups excluding carboxylic acids is 1. The summed E-state index contributed by atoms with van der Waals surface area (Å²) in [6.45, 7) is 1.81. The fraction of sp³-hybridized carbons (Fsp3) is 0.222. The molecule has 0 spiro atoms. The molecule has 0 aliphatic rings. The van der Waals surface area contributed by atoms with E-state index in [1.165, 1.54) is 17.3 Å². The van der Waals surface area contributed by atoms with Crippen LogP contribution in [0.5, 0.6) is 0 Å². The molecule has 0 unspecified atom stereocenters. The highest BCUT2D eigenvalue weighted by molar-refractivity contribution is 6.05. The van der Waals surface area contributed by atoms with Crippen molar-refractivity contribution >= 4 is 5.78 Å². The second-order valence-electron chi connectivity index (χ2n) is 2.97. The summed E-state index contributed by atoms with van der Waals surface area (Å²) in [5.74, 6) is 0.358. The first kappa shape index (κ1) is 8.68. The van der Waals surface area contributed by atoms with Crippen LogP contribution in [0, 0.1) is 6.92 Å². The zero-order chi connectivity index (χ0) is 10.1. The molecule has 5 heteroatoms. The number of nitrogens with zero attached hydrogens (tertiary/aromatic N) is 3. The van der Waals surface area contributed by atoms with Crippen molar-refractivity contribution in [2.24, 2.45) is 7.05 Å². The van der Waals surface area contributed by atoms with Gasteiger partial charge in [0.25, 0.3) is 5.78 Å². The molecule has 0 amide bonds. The molecule has 5 nitrogen and oxygen atoms in total. The molecule has 0 saturated carbocycles. The Kier molecular flexibility index (Phi) is 1.92. The molecule has 0 aliphatic carbocycles. The standard InChI is InChI=1S/C9H9N3O2/c1-6-3-4-14-8(6)7(13)9-10-5-11-12(9)2/h3-5H,1-2H3. The van der Waals surface area contributed by atoms with Gasteiger partial charge < -0.3 is 4.42 Å². The molecule has 0 saturated heterocycles. The second kappa shape index (κ2) is 3.10. The van der Waals surface area contributed by atoms with Crippen LogP contribution in [-0.4, -0.2) is 20.5 Å². The number of aryl methyl sites for hydroxylation is 2. The van der Waals surface area contributed by atoms with Gasteiger partial charge in [-0.25, -0.2) is 9.67 Å². The van der Waals surface area contributed by atoms with Crippen LogP contribution in [0.1, 0.15) is 21.9 Å². The Morgan fingerprint density at radius 3 is 2.86 bits per heavy atom. The summed E-state index contributed by atoms with van der Waals surface area (Å²) >= 11 is 0. The molecule has 0 radical (unpaired) electrons. The van der Waals surface area contributed by atoms with Gasteiger partial charge >= 0.3 is 0 Å². The maximum atomic E-state index is 11.8. The van der Waals surface area contributed by atoms with Gasteiger partial charge in [0.05, 0.1) is 6.26 Å². The van der Waals surface area contributed by atoms with E-state index in [9.17, 15) is 4.79 Å². The van der Waals surface area contributed by atoms with Crippen LogP contribution in [-0.2, 0) is 7.05 Å². The van der Waals surface area contributed by atoms with Crippen molar-refractivity contribution < 1.29 is 9.21 Å². The van der Waals surface area contributed by atoms with E-state index in [4.69, 9.17) is 4.42 Å². The van der Waals surface area contributed by atoms with Crippen LogP contribution in [0.25, 0.3) is 0 Å². The molecular formula is C9H9N3O2. The highest BCUT2D eigenvalue weighted by Crippen LogP contribution is 2.12. The Hall–Kier alpha value is -1.91. The topological polar surface area (TPSA) is 60.9 Å². The molecular weight excluding hydrogens is 182 g/mol.